The van der Waals surface area contributed by atoms with Crippen molar-refractivity contribution >= 4 is 22.3 Å². The van der Waals surface area contributed by atoms with E-state index < -0.39 is 0 Å². The number of nitro groups is 1. The molecule has 0 saturated heterocycles. The molecule has 0 spiro atoms. The van der Waals surface area contributed by atoms with Crippen LogP contribution in [0.5, 0.6) is 5.75 Å². The van der Waals surface area contributed by atoms with E-state index in [9.17, 15) is 10.1 Å². The number of nitrogens with zero attached hydrogens (tertiary/aromatic N) is 2. The summed E-state index contributed by atoms with van der Waals surface area (Å²) in [4.78, 5) is 15.3. The lowest BCUT2D eigenvalue weighted by atomic mass is 9.99. The Balaban J connectivity index is 1.81. The molecular weight excluding hydrogens is 318 g/mol. The smallest absolute Gasteiger partial charge is 0.295 e. The maximum atomic E-state index is 11.3. The van der Waals surface area contributed by atoms with Gasteiger partial charge in [0.05, 0.1) is 17.6 Å². The molecule has 1 atom stereocenters. The minimum absolute atomic E-state index is 0.0247. The SMILES string of the molecule is Cc1cc(NC2CCOc3ccccc32)c2cccc([N+](=O)[O-])c2n1. The van der Waals surface area contributed by atoms with Crippen molar-refractivity contribution in [1.29, 1.82) is 0 Å². The zero-order valence-corrected chi connectivity index (χ0v) is 13.7. The number of anilines is 1. The fraction of sp³-hybridized carbons (Fsp3) is 0.211. The number of aryl methyl sites for hydroxylation is 1. The summed E-state index contributed by atoms with van der Waals surface area (Å²) in [7, 11) is 0. The van der Waals surface area contributed by atoms with Crippen molar-refractivity contribution in [2.24, 2.45) is 0 Å². The van der Waals surface area contributed by atoms with Crippen molar-refractivity contribution in [3.8, 4) is 5.75 Å². The fourth-order valence-corrected chi connectivity index (χ4v) is 3.31. The van der Waals surface area contributed by atoms with E-state index in [1.54, 1.807) is 6.07 Å². The fourth-order valence-electron chi connectivity index (χ4n) is 3.31. The number of aromatic nitrogens is 1. The Hall–Kier alpha value is -3.15. The number of nitro benzene ring substituents is 1. The minimum Gasteiger partial charge on any atom is -0.493 e. The molecule has 6 nitrogen and oxygen atoms in total. The molecule has 0 saturated carbocycles. The number of hydrogen-bond acceptors (Lipinski definition) is 5. The third-order valence-electron chi connectivity index (χ3n) is 4.43. The largest absolute Gasteiger partial charge is 0.493 e. The summed E-state index contributed by atoms with van der Waals surface area (Å²) in [5.74, 6) is 0.882. The van der Waals surface area contributed by atoms with Crippen LogP contribution in [0.2, 0.25) is 0 Å². The van der Waals surface area contributed by atoms with Gasteiger partial charge in [0, 0.05) is 34.8 Å². The van der Waals surface area contributed by atoms with Crippen LogP contribution in [-0.4, -0.2) is 16.5 Å². The lowest BCUT2D eigenvalue weighted by Crippen LogP contribution is -2.20. The number of benzene rings is 2. The maximum absolute atomic E-state index is 11.3. The molecule has 2 aromatic carbocycles. The highest BCUT2D eigenvalue weighted by Crippen LogP contribution is 2.37. The Labute approximate surface area is 144 Å². The average Bonchev–Trinajstić information content (AvgIpc) is 2.61. The third kappa shape index (κ3) is 2.76. The zero-order valence-electron chi connectivity index (χ0n) is 13.7. The van der Waals surface area contributed by atoms with Crippen molar-refractivity contribution in [2.45, 2.75) is 19.4 Å². The number of rotatable bonds is 3. The summed E-state index contributed by atoms with van der Waals surface area (Å²) in [5.41, 5.74) is 3.13. The van der Waals surface area contributed by atoms with E-state index in [4.69, 9.17) is 4.74 Å². The van der Waals surface area contributed by atoms with Crippen LogP contribution in [-0.2, 0) is 0 Å². The van der Waals surface area contributed by atoms with E-state index >= 15 is 0 Å². The molecule has 1 unspecified atom stereocenters. The van der Waals surface area contributed by atoms with Gasteiger partial charge in [0.1, 0.15) is 5.75 Å². The van der Waals surface area contributed by atoms with E-state index in [1.807, 2.05) is 43.3 Å². The summed E-state index contributed by atoms with van der Waals surface area (Å²) in [6.07, 6.45) is 0.828. The Morgan fingerprint density at radius 2 is 2.08 bits per heavy atom. The van der Waals surface area contributed by atoms with Crippen molar-refractivity contribution in [1.82, 2.24) is 4.98 Å². The van der Waals surface area contributed by atoms with Gasteiger partial charge in [-0.3, -0.25) is 10.1 Å². The predicted octanol–water partition coefficient (Wildman–Crippen LogP) is 4.39. The molecule has 0 amide bonds. The molecule has 0 bridgehead atoms. The van der Waals surface area contributed by atoms with E-state index in [-0.39, 0.29) is 16.7 Å². The van der Waals surface area contributed by atoms with E-state index in [0.717, 1.165) is 34.5 Å². The van der Waals surface area contributed by atoms with E-state index in [2.05, 4.69) is 10.3 Å². The lowest BCUT2D eigenvalue weighted by Gasteiger charge is -2.28. The number of para-hydroxylation sites is 2. The van der Waals surface area contributed by atoms with Crippen LogP contribution in [0, 0.1) is 17.0 Å². The molecule has 1 aliphatic rings. The Morgan fingerprint density at radius 3 is 2.92 bits per heavy atom. The van der Waals surface area contributed by atoms with Crippen molar-refractivity contribution in [3.05, 3.63) is 69.9 Å². The number of ether oxygens (including phenoxy) is 1. The molecule has 2 heterocycles. The highest BCUT2D eigenvalue weighted by atomic mass is 16.6. The van der Waals surface area contributed by atoms with Crippen molar-refractivity contribution in [2.75, 3.05) is 11.9 Å². The first-order valence-electron chi connectivity index (χ1n) is 8.16. The topological polar surface area (TPSA) is 77.3 Å². The van der Waals surface area contributed by atoms with Crippen LogP contribution in [0.3, 0.4) is 0 Å². The van der Waals surface area contributed by atoms with Gasteiger partial charge in [-0.2, -0.15) is 0 Å². The number of nitrogens with one attached hydrogen (secondary N) is 1. The molecule has 1 N–H and O–H groups in total. The predicted molar refractivity (Wildman–Crippen MR) is 96.1 cm³/mol. The summed E-state index contributed by atoms with van der Waals surface area (Å²) in [6, 6.07) is 15.0. The molecule has 4 rings (SSSR count). The van der Waals surface area contributed by atoms with Crippen LogP contribution in [0.15, 0.2) is 48.5 Å². The van der Waals surface area contributed by atoms with Gasteiger partial charge in [0.25, 0.3) is 5.69 Å². The van der Waals surface area contributed by atoms with Crippen molar-refractivity contribution in [3.63, 3.8) is 0 Å². The molecule has 0 radical (unpaired) electrons. The highest BCUT2D eigenvalue weighted by Gasteiger charge is 2.23. The Bertz CT molecular complexity index is 971. The molecule has 0 aliphatic carbocycles. The molecule has 1 aromatic heterocycles. The van der Waals surface area contributed by atoms with Gasteiger partial charge in [-0.1, -0.05) is 30.3 Å². The third-order valence-corrected chi connectivity index (χ3v) is 4.43. The molecular formula is C19H17N3O3. The van der Waals surface area contributed by atoms with E-state index in [0.29, 0.717) is 12.1 Å². The normalized spacial score (nSPS) is 16.1. The first-order chi connectivity index (χ1) is 12.1. The molecule has 1 aliphatic heterocycles. The molecule has 0 fully saturated rings. The molecule has 6 heteroatoms. The number of hydrogen-bond donors (Lipinski definition) is 1. The molecule has 126 valence electrons. The summed E-state index contributed by atoms with van der Waals surface area (Å²) in [5, 5.41) is 15.6. The summed E-state index contributed by atoms with van der Waals surface area (Å²) < 4.78 is 5.71. The summed E-state index contributed by atoms with van der Waals surface area (Å²) in [6.45, 7) is 2.48. The van der Waals surface area contributed by atoms with Gasteiger partial charge in [0.15, 0.2) is 5.52 Å². The quantitative estimate of drug-likeness (QED) is 0.567. The number of pyridine rings is 1. The van der Waals surface area contributed by atoms with Crippen molar-refractivity contribution < 1.29 is 9.66 Å². The maximum Gasteiger partial charge on any atom is 0.295 e. The van der Waals surface area contributed by atoms with Crippen LogP contribution in [0.25, 0.3) is 10.9 Å². The highest BCUT2D eigenvalue weighted by molar-refractivity contribution is 5.96. The monoisotopic (exact) mass is 335 g/mol. The second-order valence-corrected chi connectivity index (χ2v) is 6.11. The van der Waals surface area contributed by atoms with Gasteiger partial charge in [0.2, 0.25) is 0 Å². The first-order valence-corrected chi connectivity index (χ1v) is 8.16. The van der Waals surface area contributed by atoms with E-state index in [1.165, 1.54) is 6.07 Å². The number of fused-ring (bicyclic) bond motifs is 2. The standard InChI is InChI=1S/C19H17N3O3/c1-12-11-16(14-6-4-7-17(22(23)24)19(14)20-12)21-15-9-10-25-18-8-3-2-5-13(15)18/h2-8,11,15H,9-10H2,1H3,(H,20,21). The van der Waals surface area contributed by atoms with Crippen LogP contribution < -0.4 is 10.1 Å². The van der Waals surface area contributed by atoms with Gasteiger partial charge in [-0.25, -0.2) is 4.98 Å². The Morgan fingerprint density at radius 1 is 1.24 bits per heavy atom. The van der Waals surface area contributed by atoms with Gasteiger partial charge in [-0.05, 0) is 19.1 Å². The lowest BCUT2D eigenvalue weighted by molar-refractivity contribution is -0.383. The average molecular weight is 335 g/mol. The van der Waals surface area contributed by atoms with Gasteiger partial charge >= 0.3 is 0 Å². The van der Waals surface area contributed by atoms with Gasteiger partial charge < -0.3 is 10.1 Å². The van der Waals surface area contributed by atoms with Crippen LogP contribution in [0.1, 0.15) is 23.7 Å². The molecule has 3 aromatic rings. The molecule has 25 heavy (non-hydrogen) atoms. The first kappa shape index (κ1) is 15.4. The summed E-state index contributed by atoms with van der Waals surface area (Å²) >= 11 is 0. The second kappa shape index (κ2) is 6.05. The second-order valence-electron chi connectivity index (χ2n) is 6.11. The van der Waals surface area contributed by atoms with Crippen LogP contribution >= 0.6 is 0 Å². The Kier molecular flexibility index (Phi) is 3.72. The minimum atomic E-state index is -0.387. The van der Waals surface area contributed by atoms with Gasteiger partial charge in [-0.15, -0.1) is 0 Å². The zero-order chi connectivity index (χ0) is 17.4. The van der Waals surface area contributed by atoms with Crippen LogP contribution in [0.4, 0.5) is 11.4 Å². The number of non-ortho nitro benzene ring substituents is 1.